The van der Waals surface area contributed by atoms with E-state index in [0.29, 0.717) is 11.4 Å². The van der Waals surface area contributed by atoms with Gasteiger partial charge in [-0.15, -0.1) is 0 Å². The smallest absolute Gasteiger partial charge is 0.337 e. The summed E-state index contributed by atoms with van der Waals surface area (Å²) >= 11 is 0. The standard InChI is InChI=1S/C19H19F2NO4/c1-9-13(17(23)25-4)14(15-12(22-9)8-26-18(15)24)10-6-5-7-11(20)16(10)19(2,3)21/h5-7,14,22H,8H2,1-4H3/t14-/m0/s1. The molecule has 0 spiro atoms. The summed E-state index contributed by atoms with van der Waals surface area (Å²) in [6, 6.07) is 4.09. The largest absolute Gasteiger partial charge is 0.466 e. The second-order valence-corrected chi connectivity index (χ2v) is 6.73. The number of hydrogen-bond donors (Lipinski definition) is 1. The average molecular weight is 363 g/mol. The first-order valence-electron chi connectivity index (χ1n) is 8.10. The Morgan fingerprint density at radius 2 is 2.08 bits per heavy atom. The zero-order chi connectivity index (χ0) is 19.2. The number of methoxy groups -OCH3 is 1. The number of carbonyl (C=O) groups excluding carboxylic acids is 2. The number of ether oxygens (including phenoxy) is 2. The first-order chi connectivity index (χ1) is 12.2. The van der Waals surface area contributed by atoms with Crippen LogP contribution in [0.5, 0.6) is 0 Å². The lowest BCUT2D eigenvalue weighted by Crippen LogP contribution is -2.31. The molecule has 138 valence electrons. The molecule has 26 heavy (non-hydrogen) atoms. The van der Waals surface area contributed by atoms with Crippen LogP contribution in [0.15, 0.2) is 40.7 Å². The van der Waals surface area contributed by atoms with E-state index in [0.717, 1.165) is 6.07 Å². The Labute approximate surface area is 149 Å². The number of carbonyl (C=O) groups is 2. The molecule has 0 unspecified atom stereocenters. The Kier molecular flexibility index (Phi) is 4.34. The van der Waals surface area contributed by atoms with Crippen LogP contribution in [0, 0.1) is 5.82 Å². The van der Waals surface area contributed by atoms with E-state index in [1.165, 1.54) is 33.1 Å². The van der Waals surface area contributed by atoms with E-state index in [-0.39, 0.29) is 28.9 Å². The quantitative estimate of drug-likeness (QED) is 0.837. The SMILES string of the molecule is COC(=O)C1=C(C)NC2=C(C(=O)OC2)[C@H]1c1cccc(F)c1C(C)(C)F. The van der Waals surface area contributed by atoms with Crippen LogP contribution in [0.25, 0.3) is 0 Å². The number of halogens is 2. The zero-order valence-corrected chi connectivity index (χ0v) is 14.9. The summed E-state index contributed by atoms with van der Waals surface area (Å²) in [4.78, 5) is 24.7. The molecule has 2 aliphatic heterocycles. The Hall–Kier alpha value is -2.70. The molecule has 0 aromatic heterocycles. The maximum Gasteiger partial charge on any atom is 0.337 e. The van der Waals surface area contributed by atoms with Crippen molar-refractivity contribution in [3.8, 4) is 0 Å². The van der Waals surface area contributed by atoms with Gasteiger partial charge in [-0.25, -0.2) is 18.4 Å². The van der Waals surface area contributed by atoms with Crippen molar-refractivity contribution in [2.24, 2.45) is 0 Å². The summed E-state index contributed by atoms with van der Waals surface area (Å²) in [5, 5.41) is 2.97. The van der Waals surface area contributed by atoms with E-state index < -0.39 is 29.3 Å². The highest BCUT2D eigenvalue weighted by Crippen LogP contribution is 2.45. The van der Waals surface area contributed by atoms with Gasteiger partial charge < -0.3 is 14.8 Å². The second kappa shape index (κ2) is 6.23. The van der Waals surface area contributed by atoms with Crippen molar-refractivity contribution < 1.29 is 27.8 Å². The third-order valence-corrected chi connectivity index (χ3v) is 4.57. The molecule has 5 nitrogen and oxygen atoms in total. The van der Waals surface area contributed by atoms with Gasteiger partial charge in [0.15, 0.2) is 0 Å². The Morgan fingerprint density at radius 3 is 2.69 bits per heavy atom. The van der Waals surface area contributed by atoms with Crippen molar-refractivity contribution >= 4 is 11.9 Å². The van der Waals surface area contributed by atoms with Gasteiger partial charge in [0, 0.05) is 11.3 Å². The van der Waals surface area contributed by atoms with Gasteiger partial charge in [0.25, 0.3) is 0 Å². The van der Waals surface area contributed by atoms with Crippen LogP contribution >= 0.6 is 0 Å². The van der Waals surface area contributed by atoms with Gasteiger partial charge in [0.05, 0.1) is 29.9 Å². The van der Waals surface area contributed by atoms with Crippen molar-refractivity contribution in [2.45, 2.75) is 32.4 Å². The number of esters is 2. The summed E-state index contributed by atoms with van der Waals surface area (Å²) in [7, 11) is 1.21. The highest BCUT2D eigenvalue weighted by molar-refractivity contribution is 6.01. The van der Waals surface area contributed by atoms with Gasteiger partial charge in [-0.05, 0) is 32.4 Å². The maximum atomic E-state index is 14.8. The summed E-state index contributed by atoms with van der Waals surface area (Å²) in [6.45, 7) is 4.12. The summed E-state index contributed by atoms with van der Waals surface area (Å²) in [5.41, 5.74) is -0.793. The number of hydrogen-bond acceptors (Lipinski definition) is 5. The molecule has 0 bridgehead atoms. The van der Waals surface area contributed by atoms with Gasteiger partial charge in [-0.1, -0.05) is 12.1 Å². The molecule has 7 heteroatoms. The van der Waals surface area contributed by atoms with Crippen LogP contribution < -0.4 is 5.32 Å². The van der Waals surface area contributed by atoms with Crippen LogP contribution in [-0.4, -0.2) is 25.7 Å². The molecule has 0 saturated heterocycles. The van der Waals surface area contributed by atoms with Crippen LogP contribution in [-0.2, 0) is 24.7 Å². The van der Waals surface area contributed by atoms with Crippen molar-refractivity contribution in [2.75, 3.05) is 13.7 Å². The topological polar surface area (TPSA) is 64.6 Å². The van der Waals surface area contributed by atoms with E-state index in [1.54, 1.807) is 6.92 Å². The van der Waals surface area contributed by atoms with Crippen molar-refractivity contribution in [1.82, 2.24) is 5.32 Å². The maximum absolute atomic E-state index is 14.8. The normalized spacial score (nSPS) is 19.9. The van der Waals surface area contributed by atoms with Crippen molar-refractivity contribution in [3.63, 3.8) is 0 Å². The first-order valence-corrected chi connectivity index (χ1v) is 8.10. The Balaban J connectivity index is 2.32. The predicted molar refractivity (Wildman–Crippen MR) is 89.1 cm³/mol. The number of nitrogens with one attached hydrogen (secondary N) is 1. The number of rotatable bonds is 3. The van der Waals surface area contributed by atoms with E-state index in [2.05, 4.69) is 5.32 Å². The molecule has 1 N–H and O–H groups in total. The van der Waals surface area contributed by atoms with Crippen LogP contribution in [0.1, 0.15) is 37.8 Å². The molecule has 1 aromatic carbocycles. The fourth-order valence-electron chi connectivity index (χ4n) is 3.57. The molecule has 1 atom stereocenters. The first kappa shape index (κ1) is 18.1. The predicted octanol–water partition coefficient (Wildman–Crippen LogP) is 2.98. The van der Waals surface area contributed by atoms with E-state index in [9.17, 15) is 18.4 Å². The third kappa shape index (κ3) is 2.77. The lowest BCUT2D eigenvalue weighted by molar-refractivity contribution is -0.136. The van der Waals surface area contributed by atoms with Crippen LogP contribution in [0.4, 0.5) is 8.78 Å². The molecule has 0 aliphatic carbocycles. The molecular formula is C19H19F2NO4. The van der Waals surface area contributed by atoms with E-state index >= 15 is 0 Å². The highest BCUT2D eigenvalue weighted by atomic mass is 19.1. The van der Waals surface area contributed by atoms with Gasteiger partial charge in [-0.3, -0.25) is 0 Å². The lowest BCUT2D eigenvalue weighted by atomic mass is 9.76. The monoisotopic (exact) mass is 363 g/mol. The fraction of sp³-hybridized carbons (Fsp3) is 0.368. The molecule has 0 saturated carbocycles. The highest BCUT2D eigenvalue weighted by Gasteiger charge is 2.44. The minimum absolute atomic E-state index is 0.0140. The molecule has 3 rings (SSSR count). The average Bonchev–Trinajstić information content (AvgIpc) is 2.92. The molecular weight excluding hydrogens is 344 g/mol. The molecule has 2 heterocycles. The molecule has 2 aliphatic rings. The minimum Gasteiger partial charge on any atom is -0.466 e. The summed E-state index contributed by atoms with van der Waals surface area (Å²) in [5.74, 6) is -3.03. The summed E-state index contributed by atoms with van der Waals surface area (Å²) in [6.07, 6.45) is 0. The third-order valence-electron chi connectivity index (χ3n) is 4.57. The van der Waals surface area contributed by atoms with Gasteiger partial charge in [-0.2, -0.15) is 0 Å². The van der Waals surface area contributed by atoms with E-state index in [1.807, 2.05) is 0 Å². The number of benzene rings is 1. The Morgan fingerprint density at radius 1 is 1.38 bits per heavy atom. The number of cyclic esters (lactones) is 1. The van der Waals surface area contributed by atoms with E-state index in [4.69, 9.17) is 9.47 Å². The lowest BCUT2D eigenvalue weighted by Gasteiger charge is -2.30. The fourth-order valence-corrected chi connectivity index (χ4v) is 3.57. The minimum atomic E-state index is -2.02. The van der Waals surface area contributed by atoms with Crippen LogP contribution in [0.3, 0.4) is 0 Å². The number of alkyl halides is 1. The summed E-state index contributed by atoms with van der Waals surface area (Å²) < 4.78 is 39.3. The molecule has 0 amide bonds. The molecule has 1 aromatic rings. The van der Waals surface area contributed by atoms with Crippen molar-refractivity contribution in [1.29, 1.82) is 0 Å². The van der Waals surface area contributed by atoms with Crippen LogP contribution in [0.2, 0.25) is 0 Å². The molecule has 0 radical (unpaired) electrons. The number of allylic oxidation sites excluding steroid dienone is 1. The second-order valence-electron chi connectivity index (χ2n) is 6.73. The van der Waals surface area contributed by atoms with Gasteiger partial charge in [0.2, 0.25) is 0 Å². The van der Waals surface area contributed by atoms with Crippen molar-refractivity contribution in [3.05, 3.63) is 57.7 Å². The zero-order valence-electron chi connectivity index (χ0n) is 14.9. The van der Waals surface area contributed by atoms with Gasteiger partial charge >= 0.3 is 11.9 Å². The number of dihydropyridines is 1. The van der Waals surface area contributed by atoms with Gasteiger partial charge in [0.1, 0.15) is 18.1 Å². The molecule has 0 fully saturated rings. The Bertz CT molecular complexity index is 865.